The first-order valence-corrected chi connectivity index (χ1v) is 26.2. The summed E-state index contributed by atoms with van der Waals surface area (Å²) < 4.78 is 16.7. The Labute approximate surface area is 405 Å². The van der Waals surface area contributed by atoms with E-state index in [2.05, 4.69) is 148 Å². The lowest BCUT2D eigenvalue weighted by atomic mass is 10.1. The van der Waals surface area contributed by atoms with Gasteiger partial charge >= 0.3 is 17.9 Å². The Hall–Kier alpha value is -4.45. The lowest BCUT2D eigenvalue weighted by molar-refractivity contribution is -0.166. The Bertz CT molecular complexity index is 1460. The molecule has 0 radical (unpaired) electrons. The topological polar surface area (TPSA) is 78.9 Å². The van der Waals surface area contributed by atoms with Gasteiger partial charge in [0.2, 0.25) is 0 Å². The van der Waals surface area contributed by atoms with Crippen LogP contribution in [0.15, 0.2) is 134 Å². The molecule has 6 heteroatoms. The van der Waals surface area contributed by atoms with Crippen LogP contribution in [0, 0.1) is 0 Å². The van der Waals surface area contributed by atoms with Gasteiger partial charge in [0.1, 0.15) is 13.2 Å². The van der Waals surface area contributed by atoms with Crippen LogP contribution in [0.25, 0.3) is 0 Å². The predicted octanol–water partition coefficient (Wildman–Crippen LogP) is 17.5. The summed E-state index contributed by atoms with van der Waals surface area (Å²) in [4.78, 5) is 38.0. The second kappa shape index (κ2) is 53.2. The van der Waals surface area contributed by atoms with E-state index >= 15 is 0 Å². The SMILES string of the molecule is CC/C=C\C/C=C\C/C=C\C/C=C\C/C=C\CCCCCC(=O)OCC(COC(=O)CC/C=C\C/C=C\CCCCCCCC)OC(=O)CCCCC/C=C\C/C=C\C/C=C\C/C=C\CC. The molecule has 0 bridgehead atoms. The molecule has 1 atom stereocenters. The quantitative estimate of drug-likeness (QED) is 0.0262. The Balaban J connectivity index is 4.58. The fraction of sp³-hybridized carbons (Fsp3) is 0.583. The zero-order valence-corrected chi connectivity index (χ0v) is 42.1. The lowest BCUT2D eigenvalue weighted by Crippen LogP contribution is -2.30. The minimum atomic E-state index is -0.836. The number of ether oxygens (including phenoxy) is 3. The summed E-state index contributed by atoms with van der Waals surface area (Å²) in [6.45, 7) is 6.27. The van der Waals surface area contributed by atoms with Gasteiger partial charge in [0, 0.05) is 19.3 Å². The van der Waals surface area contributed by atoms with E-state index < -0.39 is 6.10 Å². The number of unbranched alkanes of at least 4 members (excludes halogenated alkanes) is 12. The summed E-state index contributed by atoms with van der Waals surface area (Å²) in [6, 6.07) is 0. The van der Waals surface area contributed by atoms with Gasteiger partial charge in [-0.05, 0) is 122 Å². The van der Waals surface area contributed by atoms with Crippen LogP contribution in [-0.4, -0.2) is 37.2 Å². The van der Waals surface area contributed by atoms with Crippen LogP contribution >= 0.6 is 0 Å². The summed E-state index contributed by atoms with van der Waals surface area (Å²) >= 11 is 0. The second-order valence-electron chi connectivity index (χ2n) is 16.7. The molecule has 370 valence electrons. The number of hydrogen-bond donors (Lipinski definition) is 0. The Kier molecular flexibility index (Phi) is 49.6. The van der Waals surface area contributed by atoms with Crippen molar-refractivity contribution < 1.29 is 28.6 Å². The van der Waals surface area contributed by atoms with Crippen molar-refractivity contribution in [2.75, 3.05) is 13.2 Å². The number of esters is 3. The van der Waals surface area contributed by atoms with E-state index in [1.165, 1.54) is 38.5 Å². The Morgan fingerprint density at radius 3 is 1.02 bits per heavy atom. The largest absolute Gasteiger partial charge is 0.462 e. The summed E-state index contributed by atoms with van der Waals surface area (Å²) in [5.41, 5.74) is 0. The maximum absolute atomic E-state index is 12.8. The van der Waals surface area contributed by atoms with Crippen LogP contribution in [0.4, 0.5) is 0 Å². The average Bonchev–Trinajstić information content (AvgIpc) is 3.31. The molecule has 0 saturated carbocycles. The first-order chi connectivity index (χ1) is 32.5. The molecule has 0 rings (SSSR count). The van der Waals surface area contributed by atoms with Gasteiger partial charge < -0.3 is 14.2 Å². The third kappa shape index (κ3) is 50.5. The summed E-state index contributed by atoms with van der Waals surface area (Å²) in [6.07, 6.45) is 74.5. The third-order valence-corrected chi connectivity index (χ3v) is 10.4. The van der Waals surface area contributed by atoms with Gasteiger partial charge in [-0.1, -0.05) is 199 Å². The van der Waals surface area contributed by atoms with Crippen molar-refractivity contribution >= 4 is 17.9 Å². The number of allylic oxidation sites excluding steroid dienone is 22. The maximum Gasteiger partial charge on any atom is 0.306 e. The maximum atomic E-state index is 12.8. The number of hydrogen-bond acceptors (Lipinski definition) is 6. The highest BCUT2D eigenvalue weighted by atomic mass is 16.6. The van der Waals surface area contributed by atoms with Gasteiger partial charge in [-0.15, -0.1) is 0 Å². The number of carbonyl (C=O) groups excluding carboxylic acids is 3. The monoisotopic (exact) mass is 911 g/mol. The molecule has 6 nitrogen and oxygen atoms in total. The standard InChI is InChI=1S/C60H94O6/c1-4-7-10-13-16-19-22-25-27-29-30-31-33-35-38-41-44-47-50-53-59(62)65-56-57(55-64-58(61)52-49-46-43-40-37-34-24-21-18-15-12-9-6-3)66-60(63)54-51-48-45-42-39-36-32-28-26-23-20-17-14-11-8-5-2/h7-8,10-11,16-17,19-20,25-28,30-31,34-39,43,46,57H,4-6,9,12-15,18,21-24,29,32-33,40-42,44-45,47-56H2,1-3H3/b10-7-,11-8-,19-16-,20-17-,27-25-,28-26-,31-30-,37-34-,38-35-,39-36-,46-43-. The first-order valence-electron chi connectivity index (χ1n) is 26.2. The van der Waals surface area contributed by atoms with Crippen molar-refractivity contribution in [2.45, 2.75) is 213 Å². The Morgan fingerprint density at radius 2 is 0.621 bits per heavy atom. The summed E-state index contributed by atoms with van der Waals surface area (Å²) in [5.74, 6) is -1.07. The highest BCUT2D eigenvalue weighted by molar-refractivity contribution is 5.71. The highest BCUT2D eigenvalue weighted by Crippen LogP contribution is 2.11. The minimum absolute atomic E-state index is 0.130. The molecule has 0 amide bonds. The van der Waals surface area contributed by atoms with Crippen molar-refractivity contribution in [1.29, 1.82) is 0 Å². The van der Waals surface area contributed by atoms with Gasteiger partial charge in [0.25, 0.3) is 0 Å². The molecule has 0 saturated heterocycles. The number of rotatable bonds is 45. The van der Waals surface area contributed by atoms with Gasteiger partial charge in [-0.25, -0.2) is 0 Å². The van der Waals surface area contributed by atoms with Crippen LogP contribution in [0.5, 0.6) is 0 Å². The zero-order valence-electron chi connectivity index (χ0n) is 42.1. The van der Waals surface area contributed by atoms with Crippen molar-refractivity contribution in [3.63, 3.8) is 0 Å². The van der Waals surface area contributed by atoms with Crippen LogP contribution in [-0.2, 0) is 28.6 Å². The third-order valence-electron chi connectivity index (χ3n) is 10.4. The fourth-order valence-corrected chi connectivity index (χ4v) is 6.51. The smallest absolute Gasteiger partial charge is 0.306 e. The van der Waals surface area contributed by atoms with E-state index in [0.29, 0.717) is 19.3 Å². The molecule has 0 aliphatic heterocycles. The van der Waals surface area contributed by atoms with Crippen LogP contribution < -0.4 is 0 Å². The molecule has 66 heavy (non-hydrogen) atoms. The normalized spacial score (nSPS) is 13.2. The minimum Gasteiger partial charge on any atom is -0.462 e. The molecule has 0 spiro atoms. The van der Waals surface area contributed by atoms with Crippen LogP contribution in [0.1, 0.15) is 207 Å². The highest BCUT2D eigenvalue weighted by Gasteiger charge is 2.19. The molecule has 1 unspecified atom stereocenters. The predicted molar refractivity (Wildman–Crippen MR) is 283 cm³/mol. The van der Waals surface area contributed by atoms with Crippen LogP contribution in [0.2, 0.25) is 0 Å². The lowest BCUT2D eigenvalue weighted by Gasteiger charge is -2.18. The second-order valence-corrected chi connectivity index (χ2v) is 16.7. The van der Waals surface area contributed by atoms with Crippen LogP contribution in [0.3, 0.4) is 0 Å². The molecule has 0 aromatic heterocycles. The van der Waals surface area contributed by atoms with E-state index in [9.17, 15) is 14.4 Å². The molecule has 0 heterocycles. The van der Waals surface area contributed by atoms with Gasteiger partial charge in [0.05, 0.1) is 0 Å². The van der Waals surface area contributed by atoms with E-state index in [1.54, 1.807) is 0 Å². The van der Waals surface area contributed by atoms with Gasteiger partial charge in [-0.2, -0.15) is 0 Å². The zero-order chi connectivity index (χ0) is 47.9. The molecular weight excluding hydrogens is 817 g/mol. The number of carbonyl (C=O) groups is 3. The molecule has 0 N–H and O–H groups in total. The first kappa shape index (κ1) is 61.5. The van der Waals surface area contributed by atoms with Gasteiger partial charge in [0.15, 0.2) is 6.10 Å². The van der Waals surface area contributed by atoms with Crippen molar-refractivity contribution in [1.82, 2.24) is 0 Å². The molecule has 0 aromatic carbocycles. The van der Waals surface area contributed by atoms with Crippen molar-refractivity contribution in [3.05, 3.63) is 134 Å². The van der Waals surface area contributed by atoms with E-state index in [0.717, 1.165) is 116 Å². The van der Waals surface area contributed by atoms with E-state index in [4.69, 9.17) is 14.2 Å². The molecule has 0 aliphatic carbocycles. The van der Waals surface area contributed by atoms with Crippen molar-refractivity contribution in [2.24, 2.45) is 0 Å². The fourth-order valence-electron chi connectivity index (χ4n) is 6.51. The van der Waals surface area contributed by atoms with E-state index in [1.807, 2.05) is 6.08 Å². The average molecular weight is 911 g/mol. The summed E-state index contributed by atoms with van der Waals surface area (Å²) in [7, 11) is 0. The van der Waals surface area contributed by atoms with E-state index in [-0.39, 0.29) is 44.0 Å². The molecule has 0 aromatic rings. The van der Waals surface area contributed by atoms with Gasteiger partial charge in [-0.3, -0.25) is 14.4 Å². The molecular formula is C60H94O6. The Morgan fingerprint density at radius 1 is 0.318 bits per heavy atom. The summed E-state index contributed by atoms with van der Waals surface area (Å²) in [5, 5.41) is 0. The molecule has 0 fully saturated rings. The van der Waals surface area contributed by atoms with Crippen molar-refractivity contribution in [3.8, 4) is 0 Å². The molecule has 0 aliphatic rings.